The average molecular weight is 317 g/mol. The van der Waals surface area contributed by atoms with E-state index < -0.39 is 10.0 Å². The molecule has 0 aliphatic carbocycles. The molecule has 0 radical (unpaired) electrons. The fourth-order valence-electron chi connectivity index (χ4n) is 2.55. The van der Waals surface area contributed by atoms with Gasteiger partial charge in [-0.2, -0.15) is 4.31 Å². The number of piperazine rings is 1. The van der Waals surface area contributed by atoms with E-state index in [2.05, 4.69) is 18.7 Å². The Morgan fingerprint density at radius 1 is 1.25 bits per heavy atom. The molecule has 0 bridgehead atoms. The van der Waals surface area contributed by atoms with Crippen molar-refractivity contribution < 1.29 is 8.42 Å². The maximum absolute atomic E-state index is 12.6. The van der Waals surface area contributed by atoms with Gasteiger partial charge >= 0.3 is 0 Å². The van der Waals surface area contributed by atoms with E-state index in [4.69, 9.17) is 11.6 Å². The molecule has 1 unspecified atom stereocenters. The molecule has 0 amide bonds. The molecule has 4 nitrogen and oxygen atoms in total. The van der Waals surface area contributed by atoms with Crippen LogP contribution in [0.4, 0.5) is 0 Å². The Morgan fingerprint density at radius 2 is 1.90 bits per heavy atom. The number of hydrogen-bond acceptors (Lipinski definition) is 3. The topological polar surface area (TPSA) is 40.6 Å². The van der Waals surface area contributed by atoms with Gasteiger partial charge in [-0.15, -0.1) is 11.6 Å². The molecular formula is C14H21ClN2O2S. The van der Waals surface area contributed by atoms with Crippen molar-refractivity contribution in [3.8, 4) is 0 Å². The van der Waals surface area contributed by atoms with Crippen molar-refractivity contribution in [2.45, 2.75) is 30.7 Å². The van der Waals surface area contributed by atoms with Crippen molar-refractivity contribution in [1.29, 1.82) is 0 Å². The van der Waals surface area contributed by atoms with E-state index in [-0.39, 0.29) is 6.04 Å². The molecule has 1 atom stereocenters. The first-order chi connectivity index (χ1) is 9.48. The third-order valence-electron chi connectivity index (χ3n) is 3.85. The minimum atomic E-state index is -3.39. The molecule has 1 aromatic rings. The number of rotatable bonds is 4. The molecule has 1 saturated heterocycles. The Kier molecular flexibility index (Phi) is 5.07. The summed E-state index contributed by atoms with van der Waals surface area (Å²) in [5.74, 6) is 0.395. The van der Waals surface area contributed by atoms with E-state index in [0.29, 0.717) is 23.9 Å². The van der Waals surface area contributed by atoms with Gasteiger partial charge in [0.1, 0.15) is 0 Å². The van der Waals surface area contributed by atoms with Gasteiger partial charge in [0.15, 0.2) is 0 Å². The third-order valence-corrected chi connectivity index (χ3v) is 6.04. The van der Waals surface area contributed by atoms with Crippen LogP contribution in [0.3, 0.4) is 0 Å². The standard InChI is InChI=1S/C14H21ClN2O2S/c1-3-16-8-9-17(11-12(16)2)20(18,19)14-6-4-13(10-15)5-7-14/h4-7,12H,3,8-11H2,1-2H3. The van der Waals surface area contributed by atoms with Gasteiger partial charge in [-0.05, 0) is 31.2 Å². The lowest BCUT2D eigenvalue weighted by Crippen LogP contribution is -2.53. The number of alkyl halides is 1. The van der Waals surface area contributed by atoms with Crippen LogP contribution in [-0.4, -0.2) is 49.8 Å². The molecule has 20 heavy (non-hydrogen) atoms. The van der Waals surface area contributed by atoms with Crippen LogP contribution in [0.2, 0.25) is 0 Å². The lowest BCUT2D eigenvalue weighted by Gasteiger charge is -2.38. The second kappa shape index (κ2) is 6.43. The molecule has 0 aromatic heterocycles. The fourth-order valence-corrected chi connectivity index (χ4v) is 4.24. The Labute approximate surface area is 126 Å². The van der Waals surface area contributed by atoms with E-state index in [0.717, 1.165) is 18.7 Å². The van der Waals surface area contributed by atoms with Crippen molar-refractivity contribution in [3.63, 3.8) is 0 Å². The number of halogens is 1. The quantitative estimate of drug-likeness (QED) is 0.799. The Morgan fingerprint density at radius 3 is 2.40 bits per heavy atom. The molecular weight excluding hydrogens is 296 g/mol. The van der Waals surface area contributed by atoms with Gasteiger partial charge in [-0.3, -0.25) is 4.90 Å². The number of sulfonamides is 1. The van der Waals surface area contributed by atoms with Gasteiger partial charge < -0.3 is 0 Å². The molecule has 1 aliphatic heterocycles. The van der Waals surface area contributed by atoms with Gasteiger partial charge in [-0.1, -0.05) is 19.1 Å². The van der Waals surface area contributed by atoms with Gasteiger partial charge in [0.2, 0.25) is 10.0 Å². The Bertz CT molecular complexity index is 545. The predicted molar refractivity (Wildman–Crippen MR) is 81.5 cm³/mol. The number of hydrogen-bond donors (Lipinski definition) is 0. The zero-order valence-electron chi connectivity index (χ0n) is 11.9. The van der Waals surface area contributed by atoms with Crippen LogP contribution in [0.15, 0.2) is 29.2 Å². The van der Waals surface area contributed by atoms with Gasteiger partial charge in [0.25, 0.3) is 0 Å². The van der Waals surface area contributed by atoms with Crippen molar-refractivity contribution >= 4 is 21.6 Å². The molecule has 0 N–H and O–H groups in total. The fraction of sp³-hybridized carbons (Fsp3) is 0.571. The van der Waals surface area contributed by atoms with Crippen molar-refractivity contribution in [2.24, 2.45) is 0 Å². The molecule has 2 rings (SSSR count). The summed E-state index contributed by atoms with van der Waals surface area (Å²) in [6.45, 7) is 7.02. The Balaban J connectivity index is 2.18. The third kappa shape index (κ3) is 3.17. The SMILES string of the molecule is CCN1CCN(S(=O)(=O)c2ccc(CCl)cc2)CC1C. The smallest absolute Gasteiger partial charge is 0.243 e. The van der Waals surface area contributed by atoms with E-state index in [1.165, 1.54) is 0 Å². The average Bonchev–Trinajstić information content (AvgIpc) is 2.47. The van der Waals surface area contributed by atoms with Crippen LogP contribution >= 0.6 is 11.6 Å². The lowest BCUT2D eigenvalue weighted by atomic mass is 10.2. The van der Waals surface area contributed by atoms with Gasteiger partial charge in [0, 0.05) is 31.6 Å². The Hall–Kier alpha value is -0.620. The van der Waals surface area contributed by atoms with Crippen LogP contribution in [0.5, 0.6) is 0 Å². The van der Waals surface area contributed by atoms with Gasteiger partial charge in [0.05, 0.1) is 4.90 Å². The summed E-state index contributed by atoms with van der Waals surface area (Å²) in [6, 6.07) is 7.08. The largest absolute Gasteiger partial charge is 0.298 e. The summed E-state index contributed by atoms with van der Waals surface area (Å²) in [5, 5.41) is 0. The van der Waals surface area contributed by atoms with Crippen LogP contribution in [0, 0.1) is 0 Å². The maximum atomic E-state index is 12.6. The maximum Gasteiger partial charge on any atom is 0.243 e. The van der Waals surface area contributed by atoms with Gasteiger partial charge in [-0.25, -0.2) is 8.42 Å². The molecule has 1 heterocycles. The second-order valence-corrected chi connectivity index (χ2v) is 7.32. The highest BCUT2D eigenvalue weighted by atomic mass is 35.5. The first kappa shape index (κ1) is 15.8. The minimum Gasteiger partial charge on any atom is -0.298 e. The summed E-state index contributed by atoms with van der Waals surface area (Å²) in [5.41, 5.74) is 0.926. The summed E-state index contributed by atoms with van der Waals surface area (Å²) in [7, 11) is -3.39. The van der Waals surface area contributed by atoms with Crippen LogP contribution in [-0.2, 0) is 15.9 Å². The predicted octanol–water partition coefficient (Wildman–Crippen LogP) is 2.14. The van der Waals surface area contributed by atoms with E-state index >= 15 is 0 Å². The number of benzene rings is 1. The summed E-state index contributed by atoms with van der Waals surface area (Å²) in [4.78, 5) is 2.64. The summed E-state index contributed by atoms with van der Waals surface area (Å²) in [6.07, 6.45) is 0. The first-order valence-electron chi connectivity index (χ1n) is 6.88. The molecule has 112 valence electrons. The molecule has 0 saturated carbocycles. The van der Waals surface area contributed by atoms with E-state index in [9.17, 15) is 8.42 Å². The zero-order chi connectivity index (χ0) is 14.8. The van der Waals surface area contributed by atoms with Crippen LogP contribution in [0.25, 0.3) is 0 Å². The molecule has 1 aromatic carbocycles. The normalized spacial score (nSPS) is 22.1. The highest BCUT2D eigenvalue weighted by Crippen LogP contribution is 2.20. The van der Waals surface area contributed by atoms with E-state index in [1.807, 2.05) is 0 Å². The minimum absolute atomic E-state index is 0.255. The summed E-state index contributed by atoms with van der Waals surface area (Å²) < 4.78 is 26.8. The van der Waals surface area contributed by atoms with E-state index in [1.54, 1.807) is 28.6 Å². The molecule has 0 spiro atoms. The van der Waals surface area contributed by atoms with Crippen molar-refractivity contribution in [2.75, 3.05) is 26.2 Å². The summed E-state index contributed by atoms with van der Waals surface area (Å²) >= 11 is 5.73. The highest BCUT2D eigenvalue weighted by molar-refractivity contribution is 7.89. The highest BCUT2D eigenvalue weighted by Gasteiger charge is 2.31. The number of likely N-dealkylation sites (N-methyl/N-ethyl adjacent to an activating group) is 1. The van der Waals surface area contributed by atoms with Crippen LogP contribution in [0.1, 0.15) is 19.4 Å². The lowest BCUT2D eigenvalue weighted by molar-refractivity contribution is 0.135. The second-order valence-electron chi connectivity index (χ2n) is 5.12. The molecule has 1 fully saturated rings. The van der Waals surface area contributed by atoms with Crippen molar-refractivity contribution in [3.05, 3.63) is 29.8 Å². The first-order valence-corrected chi connectivity index (χ1v) is 8.85. The van der Waals surface area contributed by atoms with Crippen LogP contribution < -0.4 is 0 Å². The zero-order valence-corrected chi connectivity index (χ0v) is 13.5. The number of nitrogens with zero attached hydrogens (tertiary/aromatic N) is 2. The molecule has 6 heteroatoms. The molecule has 1 aliphatic rings. The monoisotopic (exact) mass is 316 g/mol. The van der Waals surface area contributed by atoms with Crippen molar-refractivity contribution in [1.82, 2.24) is 9.21 Å².